The smallest absolute Gasteiger partial charge is 0.422 e. The Morgan fingerprint density at radius 3 is 2.68 bits per heavy atom. The van der Waals surface area contributed by atoms with E-state index in [1.807, 2.05) is 20.8 Å². The van der Waals surface area contributed by atoms with Crippen LogP contribution in [0.15, 0.2) is 35.3 Å². The molecule has 0 amide bonds. The number of nitrogens with one attached hydrogen (secondary N) is 2. The summed E-state index contributed by atoms with van der Waals surface area (Å²) in [6.45, 7) is 4.72. The molecule has 2 N–H and O–H groups in total. The Kier molecular flexibility index (Phi) is 5.05. The van der Waals surface area contributed by atoms with Crippen LogP contribution < -0.4 is 15.6 Å². The Hall–Kier alpha value is -3.04. The lowest BCUT2D eigenvalue weighted by Gasteiger charge is -2.19. The first-order chi connectivity index (χ1) is 13.0. The van der Waals surface area contributed by atoms with Crippen LogP contribution in [0.25, 0.3) is 11.0 Å². The number of halogens is 3. The van der Waals surface area contributed by atoms with Crippen LogP contribution in [0.5, 0.6) is 5.75 Å². The zero-order chi connectivity index (χ0) is 20.5. The Bertz CT molecular complexity index is 1030. The van der Waals surface area contributed by atoms with Crippen LogP contribution in [0, 0.1) is 0 Å². The van der Waals surface area contributed by atoms with E-state index < -0.39 is 12.8 Å². The molecule has 0 aliphatic heterocycles. The molecule has 0 aliphatic rings. The van der Waals surface area contributed by atoms with Crippen molar-refractivity contribution >= 4 is 17.0 Å². The topological polar surface area (TPSA) is 84.8 Å². The predicted molar refractivity (Wildman–Crippen MR) is 98.5 cm³/mol. The maximum atomic E-state index is 12.3. The molecule has 3 rings (SSSR count). The van der Waals surface area contributed by atoms with Crippen LogP contribution in [0.2, 0.25) is 0 Å². The summed E-state index contributed by atoms with van der Waals surface area (Å²) < 4.78 is 43.2. The molecule has 10 heteroatoms. The summed E-state index contributed by atoms with van der Waals surface area (Å²) in [5.41, 5.74) is 0.433. The molecule has 0 fully saturated rings. The largest absolute Gasteiger partial charge is 0.484 e. The zero-order valence-electron chi connectivity index (χ0n) is 15.6. The molecule has 1 aromatic carbocycles. The molecule has 0 saturated carbocycles. The van der Waals surface area contributed by atoms with E-state index in [1.54, 1.807) is 16.8 Å². The third-order valence-electron chi connectivity index (χ3n) is 3.83. The van der Waals surface area contributed by atoms with Gasteiger partial charge in [-0.25, -0.2) is 4.68 Å². The third-order valence-corrected chi connectivity index (χ3v) is 3.83. The van der Waals surface area contributed by atoms with Gasteiger partial charge in [0.2, 0.25) is 5.95 Å². The van der Waals surface area contributed by atoms with E-state index in [1.165, 1.54) is 18.3 Å². The van der Waals surface area contributed by atoms with Crippen molar-refractivity contribution in [2.75, 3.05) is 11.9 Å². The van der Waals surface area contributed by atoms with Crippen molar-refractivity contribution in [3.05, 3.63) is 46.4 Å². The predicted octanol–water partition coefficient (Wildman–Crippen LogP) is 3.43. The number of hydrogen-bond donors (Lipinski definition) is 2. The van der Waals surface area contributed by atoms with Crippen LogP contribution in [0.4, 0.5) is 19.1 Å². The molecule has 0 radical (unpaired) electrons. The van der Waals surface area contributed by atoms with E-state index >= 15 is 0 Å². The number of hydrogen-bond acceptors (Lipinski definition) is 5. The number of aromatic nitrogens is 4. The minimum absolute atomic E-state index is 0.110. The second-order valence-corrected chi connectivity index (χ2v) is 7.28. The van der Waals surface area contributed by atoms with Gasteiger partial charge >= 0.3 is 6.18 Å². The molecule has 0 bridgehead atoms. The lowest BCUT2D eigenvalue weighted by molar-refractivity contribution is -0.153. The average Bonchev–Trinajstić information content (AvgIpc) is 3.03. The molecule has 28 heavy (non-hydrogen) atoms. The maximum absolute atomic E-state index is 12.3. The number of H-pyrrole nitrogens is 1. The Balaban J connectivity index is 1.78. The van der Waals surface area contributed by atoms with Crippen LogP contribution in [-0.4, -0.2) is 32.5 Å². The highest BCUT2D eigenvalue weighted by atomic mass is 19.4. The van der Waals surface area contributed by atoms with Crippen LogP contribution in [0.3, 0.4) is 0 Å². The minimum atomic E-state index is -4.40. The molecule has 7 nitrogen and oxygen atoms in total. The standard InChI is InChI=1S/C18H20F3N5O2/c1-17(2,3)26-14-13(9-23-26)15(27)25-16(24-14)22-8-11-5-4-6-12(7-11)28-10-18(19,20)21/h4-7,9H,8,10H2,1-3H3,(H2,22,24,25,27). The van der Waals surface area contributed by atoms with Gasteiger partial charge in [0.05, 0.1) is 11.7 Å². The molecule has 0 aliphatic carbocycles. The van der Waals surface area contributed by atoms with Crippen molar-refractivity contribution < 1.29 is 17.9 Å². The second-order valence-electron chi connectivity index (χ2n) is 7.28. The first-order valence-electron chi connectivity index (χ1n) is 8.54. The van der Waals surface area contributed by atoms with Crippen molar-refractivity contribution in [3.8, 4) is 5.75 Å². The fourth-order valence-corrected chi connectivity index (χ4v) is 2.59. The van der Waals surface area contributed by atoms with Gasteiger partial charge in [0.25, 0.3) is 5.56 Å². The van der Waals surface area contributed by atoms with Crippen molar-refractivity contribution in [2.24, 2.45) is 0 Å². The Morgan fingerprint density at radius 2 is 2.00 bits per heavy atom. The van der Waals surface area contributed by atoms with Gasteiger partial charge in [0.15, 0.2) is 12.3 Å². The molecule has 0 atom stereocenters. The van der Waals surface area contributed by atoms with E-state index in [0.29, 0.717) is 16.6 Å². The van der Waals surface area contributed by atoms with Crippen molar-refractivity contribution in [1.82, 2.24) is 19.7 Å². The summed E-state index contributed by atoms with van der Waals surface area (Å²) in [6, 6.07) is 6.26. The quantitative estimate of drug-likeness (QED) is 0.692. The fraction of sp³-hybridized carbons (Fsp3) is 0.389. The summed E-state index contributed by atoms with van der Waals surface area (Å²) in [7, 11) is 0. The highest BCUT2D eigenvalue weighted by Gasteiger charge is 2.28. The van der Waals surface area contributed by atoms with Gasteiger partial charge in [0, 0.05) is 6.54 Å². The molecule has 0 saturated heterocycles. The highest BCUT2D eigenvalue weighted by Crippen LogP contribution is 2.21. The first kappa shape index (κ1) is 19.7. The number of rotatable bonds is 5. The number of ether oxygens (including phenoxy) is 1. The lowest BCUT2D eigenvalue weighted by Crippen LogP contribution is -2.24. The normalized spacial score (nSPS) is 12.4. The van der Waals surface area contributed by atoms with E-state index in [4.69, 9.17) is 4.74 Å². The van der Waals surface area contributed by atoms with Gasteiger partial charge in [-0.05, 0) is 38.5 Å². The molecule has 0 unspecified atom stereocenters. The molecule has 0 spiro atoms. The molecule has 2 heterocycles. The number of alkyl halides is 3. The van der Waals surface area contributed by atoms with Crippen molar-refractivity contribution in [1.29, 1.82) is 0 Å². The molecular formula is C18H20F3N5O2. The Labute approximate surface area is 158 Å². The number of benzene rings is 1. The number of anilines is 1. The molecular weight excluding hydrogens is 375 g/mol. The lowest BCUT2D eigenvalue weighted by atomic mass is 10.1. The van der Waals surface area contributed by atoms with E-state index in [0.717, 1.165) is 0 Å². The highest BCUT2D eigenvalue weighted by molar-refractivity contribution is 5.74. The summed E-state index contributed by atoms with van der Waals surface area (Å²) in [5.74, 6) is 0.351. The monoisotopic (exact) mass is 395 g/mol. The first-order valence-corrected chi connectivity index (χ1v) is 8.54. The molecule has 2 aromatic heterocycles. The van der Waals surface area contributed by atoms with E-state index in [2.05, 4.69) is 20.4 Å². The van der Waals surface area contributed by atoms with Crippen LogP contribution >= 0.6 is 0 Å². The van der Waals surface area contributed by atoms with Crippen LogP contribution in [-0.2, 0) is 12.1 Å². The summed E-state index contributed by atoms with van der Waals surface area (Å²) in [6.07, 6.45) is -2.93. The fourth-order valence-electron chi connectivity index (χ4n) is 2.59. The van der Waals surface area contributed by atoms with Gasteiger partial charge in [-0.2, -0.15) is 23.3 Å². The van der Waals surface area contributed by atoms with E-state index in [9.17, 15) is 18.0 Å². The Morgan fingerprint density at radius 1 is 1.25 bits per heavy atom. The van der Waals surface area contributed by atoms with E-state index in [-0.39, 0.29) is 29.3 Å². The van der Waals surface area contributed by atoms with Gasteiger partial charge in [-0.1, -0.05) is 12.1 Å². The van der Waals surface area contributed by atoms with Gasteiger partial charge in [-0.15, -0.1) is 0 Å². The summed E-state index contributed by atoms with van der Waals surface area (Å²) >= 11 is 0. The van der Waals surface area contributed by atoms with Gasteiger partial charge in [-0.3, -0.25) is 9.78 Å². The number of nitrogens with zero attached hydrogens (tertiary/aromatic N) is 3. The minimum Gasteiger partial charge on any atom is -0.484 e. The summed E-state index contributed by atoms with van der Waals surface area (Å²) in [4.78, 5) is 19.3. The molecule has 150 valence electrons. The summed E-state index contributed by atoms with van der Waals surface area (Å²) in [5, 5.41) is 7.59. The van der Waals surface area contributed by atoms with Crippen molar-refractivity contribution in [2.45, 2.75) is 39.0 Å². The van der Waals surface area contributed by atoms with Crippen LogP contribution in [0.1, 0.15) is 26.3 Å². The molecule has 3 aromatic rings. The SMILES string of the molecule is CC(C)(C)n1ncc2c(=O)[nH]c(NCc3cccc(OCC(F)(F)F)c3)nc21. The second kappa shape index (κ2) is 7.17. The zero-order valence-corrected chi connectivity index (χ0v) is 15.6. The number of fused-ring (bicyclic) bond motifs is 1. The van der Waals surface area contributed by atoms with Gasteiger partial charge in [0.1, 0.15) is 11.1 Å². The average molecular weight is 395 g/mol. The third kappa shape index (κ3) is 4.62. The van der Waals surface area contributed by atoms with Crippen molar-refractivity contribution in [3.63, 3.8) is 0 Å². The maximum Gasteiger partial charge on any atom is 0.422 e. The van der Waals surface area contributed by atoms with Gasteiger partial charge < -0.3 is 10.1 Å². The number of aromatic amines is 1.